The summed E-state index contributed by atoms with van der Waals surface area (Å²) in [5.41, 5.74) is 1.89. The molecule has 1 aliphatic carbocycles. The monoisotopic (exact) mass is 360 g/mol. The van der Waals surface area contributed by atoms with Crippen LogP contribution in [0.1, 0.15) is 30.1 Å². The number of benzene rings is 1. The maximum atomic E-state index is 11.9. The molecule has 0 saturated heterocycles. The maximum absolute atomic E-state index is 11.9. The van der Waals surface area contributed by atoms with E-state index in [1.54, 1.807) is 24.5 Å². The molecule has 0 amide bonds. The fourth-order valence-electron chi connectivity index (χ4n) is 2.95. The fourth-order valence-corrected chi connectivity index (χ4v) is 3.47. The largest absolute Gasteiger partial charge is 0.469 e. The van der Waals surface area contributed by atoms with Gasteiger partial charge in [-0.15, -0.1) is 0 Å². The molecule has 7 heteroatoms. The molecule has 1 atom stereocenters. The number of rotatable bonds is 6. The van der Waals surface area contributed by atoms with Crippen molar-refractivity contribution in [3.05, 3.63) is 65.8 Å². The van der Waals surface area contributed by atoms with Gasteiger partial charge in [0.2, 0.25) is 10.0 Å². The summed E-state index contributed by atoms with van der Waals surface area (Å²) in [5.74, 6) is 0.996. The first kappa shape index (κ1) is 17.4. The summed E-state index contributed by atoms with van der Waals surface area (Å²) in [5, 5.41) is 8.38. The van der Waals surface area contributed by atoms with Gasteiger partial charge in [0.25, 0.3) is 0 Å². The van der Waals surface area contributed by atoms with E-state index < -0.39 is 10.0 Å². The minimum atomic E-state index is -3.66. The minimum absolute atomic E-state index is 0.0732. The Morgan fingerprint density at radius 2 is 1.92 bits per heavy atom. The molecular formula is C18H20N2O4S. The number of hydrogen-bond acceptors (Lipinski definition) is 5. The highest BCUT2D eigenvalue weighted by Gasteiger charge is 2.23. The number of primary sulfonamides is 1. The van der Waals surface area contributed by atoms with Gasteiger partial charge in [0.15, 0.2) is 5.78 Å². The Kier molecular flexibility index (Phi) is 5.06. The number of ketones is 1. The topological polar surface area (TPSA) is 102 Å². The van der Waals surface area contributed by atoms with E-state index >= 15 is 0 Å². The van der Waals surface area contributed by atoms with Gasteiger partial charge in [0.05, 0.1) is 11.2 Å². The van der Waals surface area contributed by atoms with Gasteiger partial charge < -0.3 is 9.73 Å². The van der Waals surface area contributed by atoms with Gasteiger partial charge in [0, 0.05) is 30.7 Å². The average molecular weight is 360 g/mol. The third kappa shape index (κ3) is 4.58. The first-order valence-electron chi connectivity index (χ1n) is 8.04. The first-order chi connectivity index (χ1) is 11.9. The van der Waals surface area contributed by atoms with E-state index in [-0.39, 0.29) is 16.6 Å². The van der Waals surface area contributed by atoms with Crippen LogP contribution in [0.5, 0.6) is 0 Å². The smallest absolute Gasteiger partial charge is 0.238 e. The van der Waals surface area contributed by atoms with Crippen molar-refractivity contribution in [2.45, 2.75) is 30.1 Å². The molecule has 0 saturated carbocycles. The Bertz CT molecular complexity index is 868. The Labute approximate surface area is 146 Å². The summed E-state index contributed by atoms with van der Waals surface area (Å²) >= 11 is 0. The van der Waals surface area contributed by atoms with Crippen LogP contribution < -0.4 is 10.5 Å². The molecular weight excluding hydrogens is 340 g/mol. The van der Waals surface area contributed by atoms with Gasteiger partial charge in [-0.3, -0.25) is 4.79 Å². The summed E-state index contributed by atoms with van der Waals surface area (Å²) < 4.78 is 27.9. The molecule has 1 aromatic heterocycles. The lowest BCUT2D eigenvalue weighted by Gasteiger charge is -2.21. The molecule has 3 rings (SSSR count). The second-order valence-corrected chi connectivity index (χ2v) is 7.68. The van der Waals surface area contributed by atoms with Gasteiger partial charge in [-0.2, -0.15) is 0 Å². The van der Waals surface area contributed by atoms with Gasteiger partial charge in [-0.1, -0.05) is 12.1 Å². The number of nitrogens with two attached hydrogens (primary N) is 1. The van der Waals surface area contributed by atoms with Crippen molar-refractivity contribution in [1.82, 2.24) is 5.32 Å². The zero-order valence-electron chi connectivity index (χ0n) is 13.6. The lowest BCUT2D eigenvalue weighted by Crippen LogP contribution is -2.23. The Morgan fingerprint density at radius 1 is 1.16 bits per heavy atom. The van der Waals surface area contributed by atoms with Crippen molar-refractivity contribution >= 4 is 15.8 Å². The van der Waals surface area contributed by atoms with Crippen molar-refractivity contribution in [2.75, 3.05) is 6.54 Å². The summed E-state index contributed by atoms with van der Waals surface area (Å²) in [6.07, 6.45) is 5.19. The van der Waals surface area contributed by atoms with Crippen molar-refractivity contribution in [2.24, 2.45) is 5.14 Å². The van der Waals surface area contributed by atoms with E-state index in [1.165, 1.54) is 12.1 Å². The Morgan fingerprint density at radius 3 is 2.56 bits per heavy atom. The van der Waals surface area contributed by atoms with E-state index in [0.717, 1.165) is 23.4 Å². The second kappa shape index (κ2) is 7.25. The highest BCUT2D eigenvalue weighted by molar-refractivity contribution is 7.89. The summed E-state index contributed by atoms with van der Waals surface area (Å²) in [6.45, 7) is 0.651. The number of furan rings is 1. The molecule has 0 fully saturated rings. The SMILES string of the molecule is NS(=O)(=O)c1ccc(CCNC2=CC(=O)C[C@@H](c3ccco3)C2)cc1. The van der Waals surface area contributed by atoms with E-state index in [9.17, 15) is 13.2 Å². The summed E-state index contributed by atoms with van der Waals surface area (Å²) in [7, 11) is -3.66. The van der Waals surface area contributed by atoms with Crippen LogP contribution in [0.3, 0.4) is 0 Å². The molecule has 1 heterocycles. The second-order valence-electron chi connectivity index (χ2n) is 6.12. The number of carbonyl (C=O) groups excluding carboxylic acids is 1. The lowest BCUT2D eigenvalue weighted by atomic mass is 9.89. The van der Waals surface area contributed by atoms with Crippen LogP contribution in [0.15, 0.2) is 63.7 Å². The highest BCUT2D eigenvalue weighted by atomic mass is 32.2. The number of carbonyl (C=O) groups is 1. The molecule has 1 aliphatic rings. The molecule has 0 aliphatic heterocycles. The van der Waals surface area contributed by atoms with Gasteiger partial charge in [0.1, 0.15) is 5.76 Å². The maximum Gasteiger partial charge on any atom is 0.238 e. The number of hydrogen-bond donors (Lipinski definition) is 2. The summed E-state index contributed by atoms with van der Waals surface area (Å²) in [6, 6.07) is 10.2. The van der Waals surface area contributed by atoms with Crippen molar-refractivity contribution in [3.63, 3.8) is 0 Å². The standard InChI is InChI=1S/C18H20N2O4S/c19-25(22,23)17-5-3-13(4-6-17)7-8-20-15-10-14(11-16(21)12-15)18-2-1-9-24-18/h1-6,9,12,14,20H,7-8,10-11H2,(H2,19,22,23)/t14-/m0/s1. The molecule has 2 aromatic rings. The number of sulfonamides is 1. The molecule has 132 valence electrons. The number of allylic oxidation sites excluding steroid dienone is 2. The van der Waals surface area contributed by atoms with Crippen LogP contribution in [0.2, 0.25) is 0 Å². The van der Waals surface area contributed by atoms with Crippen molar-refractivity contribution in [1.29, 1.82) is 0 Å². The van der Waals surface area contributed by atoms with E-state index in [0.29, 0.717) is 19.4 Å². The average Bonchev–Trinajstić information content (AvgIpc) is 3.08. The van der Waals surface area contributed by atoms with Gasteiger partial charge in [-0.05, 0) is 42.7 Å². The first-order valence-corrected chi connectivity index (χ1v) is 9.59. The van der Waals surface area contributed by atoms with Crippen LogP contribution in [0, 0.1) is 0 Å². The molecule has 1 aromatic carbocycles. The van der Waals surface area contributed by atoms with Crippen LogP contribution in [0.4, 0.5) is 0 Å². The third-order valence-corrected chi connectivity index (χ3v) is 5.14. The Balaban J connectivity index is 1.55. The van der Waals surface area contributed by atoms with Crippen LogP contribution in [-0.2, 0) is 21.2 Å². The number of nitrogens with one attached hydrogen (secondary N) is 1. The van der Waals surface area contributed by atoms with Crippen LogP contribution in [-0.4, -0.2) is 20.7 Å². The molecule has 6 nitrogen and oxygen atoms in total. The van der Waals surface area contributed by atoms with Crippen LogP contribution >= 0.6 is 0 Å². The van der Waals surface area contributed by atoms with Crippen molar-refractivity contribution < 1.29 is 17.6 Å². The predicted octanol–water partition coefficient (Wildman–Crippen LogP) is 2.09. The lowest BCUT2D eigenvalue weighted by molar-refractivity contribution is -0.115. The van der Waals surface area contributed by atoms with Crippen LogP contribution in [0.25, 0.3) is 0 Å². The fraction of sp³-hybridized carbons (Fsp3) is 0.278. The molecule has 3 N–H and O–H groups in total. The normalized spacial score (nSPS) is 18.0. The molecule has 0 unspecified atom stereocenters. The highest BCUT2D eigenvalue weighted by Crippen LogP contribution is 2.30. The minimum Gasteiger partial charge on any atom is -0.469 e. The summed E-state index contributed by atoms with van der Waals surface area (Å²) in [4.78, 5) is 12.0. The van der Waals surface area contributed by atoms with E-state index in [2.05, 4.69) is 5.32 Å². The van der Waals surface area contributed by atoms with E-state index in [4.69, 9.17) is 9.56 Å². The third-order valence-electron chi connectivity index (χ3n) is 4.21. The molecule has 25 heavy (non-hydrogen) atoms. The van der Waals surface area contributed by atoms with Gasteiger partial charge >= 0.3 is 0 Å². The predicted molar refractivity (Wildman–Crippen MR) is 93.3 cm³/mol. The zero-order valence-corrected chi connectivity index (χ0v) is 14.5. The zero-order chi connectivity index (χ0) is 17.9. The molecule has 0 spiro atoms. The van der Waals surface area contributed by atoms with Crippen molar-refractivity contribution in [3.8, 4) is 0 Å². The quantitative estimate of drug-likeness (QED) is 0.821. The Hall–Kier alpha value is -2.38. The molecule has 0 radical (unpaired) electrons. The molecule has 0 bridgehead atoms. The van der Waals surface area contributed by atoms with E-state index in [1.807, 2.05) is 12.1 Å². The van der Waals surface area contributed by atoms with Gasteiger partial charge in [-0.25, -0.2) is 13.6 Å².